The number of primary amides is 1. The molecule has 2 amide bonds. The largest absolute Gasteiger partial charge is 0.494 e. The van der Waals surface area contributed by atoms with Gasteiger partial charge in [0.25, 0.3) is 11.8 Å². The first-order valence-electron chi connectivity index (χ1n) is 11.3. The Balaban J connectivity index is 1.54. The van der Waals surface area contributed by atoms with E-state index in [1.807, 2.05) is 25.1 Å². The number of aromatic nitrogens is 2. The molecule has 3 aromatic rings. The van der Waals surface area contributed by atoms with E-state index in [0.29, 0.717) is 28.0 Å². The normalized spacial score (nSPS) is 14.0. The molecule has 0 saturated carbocycles. The fourth-order valence-electron chi connectivity index (χ4n) is 4.12. The van der Waals surface area contributed by atoms with Crippen LogP contribution in [0.15, 0.2) is 66.1 Å². The van der Waals surface area contributed by atoms with Crippen LogP contribution in [0.5, 0.6) is 5.75 Å². The van der Waals surface area contributed by atoms with Gasteiger partial charge in [-0.2, -0.15) is 0 Å². The number of allylic oxidation sites excluding steroid dienone is 2. The summed E-state index contributed by atoms with van der Waals surface area (Å²) >= 11 is 0. The molecular formula is C26H26FN5O3. The number of halogens is 1. The van der Waals surface area contributed by atoms with Gasteiger partial charge in [-0.1, -0.05) is 19.1 Å². The first kappa shape index (κ1) is 23.9. The summed E-state index contributed by atoms with van der Waals surface area (Å²) < 4.78 is 18.9. The third kappa shape index (κ3) is 5.13. The Morgan fingerprint density at radius 3 is 2.77 bits per heavy atom. The fraction of sp³-hybridized carbons (Fsp3) is 0.231. The second-order valence-electron chi connectivity index (χ2n) is 8.11. The van der Waals surface area contributed by atoms with Crippen molar-refractivity contribution in [3.8, 4) is 5.75 Å². The van der Waals surface area contributed by atoms with Crippen molar-refractivity contribution in [2.45, 2.75) is 32.2 Å². The van der Waals surface area contributed by atoms with Crippen LogP contribution >= 0.6 is 0 Å². The Kier molecular flexibility index (Phi) is 7.05. The molecule has 0 bridgehead atoms. The van der Waals surface area contributed by atoms with Crippen molar-refractivity contribution >= 4 is 28.5 Å². The molecule has 0 radical (unpaired) electrons. The quantitative estimate of drug-likeness (QED) is 0.451. The molecule has 0 fully saturated rings. The minimum Gasteiger partial charge on any atom is -0.494 e. The number of ether oxygens (including phenoxy) is 1. The lowest BCUT2D eigenvalue weighted by Gasteiger charge is -2.24. The molecule has 180 valence electrons. The average molecular weight is 476 g/mol. The third-order valence-electron chi connectivity index (χ3n) is 5.91. The summed E-state index contributed by atoms with van der Waals surface area (Å²) in [6, 6.07) is 9.25. The van der Waals surface area contributed by atoms with Gasteiger partial charge in [0.15, 0.2) is 11.6 Å². The van der Waals surface area contributed by atoms with Gasteiger partial charge in [0.05, 0.1) is 18.2 Å². The van der Waals surface area contributed by atoms with Crippen LogP contribution in [-0.2, 0) is 0 Å². The molecule has 8 nitrogen and oxygen atoms in total. The molecule has 4 rings (SSSR count). The zero-order chi connectivity index (χ0) is 24.9. The molecule has 0 unspecified atom stereocenters. The number of nitrogens with one attached hydrogen (secondary N) is 2. The van der Waals surface area contributed by atoms with Gasteiger partial charge in [0.1, 0.15) is 12.1 Å². The van der Waals surface area contributed by atoms with E-state index < -0.39 is 17.6 Å². The Morgan fingerprint density at radius 2 is 2.06 bits per heavy atom. The number of nitrogens with two attached hydrogens (primary N) is 1. The molecule has 1 aliphatic carbocycles. The number of methoxy groups -OCH3 is 1. The Labute approximate surface area is 202 Å². The minimum atomic E-state index is -0.596. The monoisotopic (exact) mass is 475 g/mol. The molecule has 35 heavy (non-hydrogen) atoms. The van der Waals surface area contributed by atoms with Gasteiger partial charge in [-0.25, -0.2) is 14.4 Å². The van der Waals surface area contributed by atoms with Crippen molar-refractivity contribution in [1.82, 2.24) is 15.3 Å². The molecule has 1 aromatic heterocycles. The van der Waals surface area contributed by atoms with Gasteiger partial charge in [0, 0.05) is 22.7 Å². The zero-order valence-electron chi connectivity index (χ0n) is 19.5. The number of hydrogen-bond donors (Lipinski definition) is 3. The van der Waals surface area contributed by atoms with Crippen molar-refractivity contribution in [2.75, 3.05) is 12.4 Å². The van der Waals surface area contributed by atoms with Gasteiger partial charge in [-0.3, -0.25) is 9.59 Å². The first-order valence-corrected chi connectivity index (χ1v) is 11.3. The van der Waals surface area contributed by atoms with Crippen molar-refractivity contribution in [3.05, 3.63) is 83.1 Å². The Bertz CT molecular complexity index is 1350. The number of rotatable bonds is 8. The van der Waals surface area contributed by atoms with Gasteiger partial charge in [0.2, 0.25) is 0 Å². The smallest absolute Gasteiger partial charge is 0.255 e. The summed E-state index contributed by atoms with van der Waals surface area (Å²) in [5.41, 5.74) is 8.26. The SMILES string of the molecule is CC[C@@H](Nc1ncnc2c(C(N)=O)cccc12)C1=CC(NC(=O)c2ccc(OC)c(F)c2)=CCC1. The molecule has 0 aliphatic heterocycles. The lowest BCUT2D eigenvalue weighted by Crippen LogP contribution is -2.27. The van der Waals surface area contributed by atoms with Crippen molar-refractivity contribution in [2.24, 2.45) is 5.73 Å². The van der Waals surface area contributed by atoms with Gasteiger partial charge >= 0.3 is 0 Å². The van der Waals surface area contributed by atoms with E-state index in [1.165, 1.54) is 25.6 Å². The van der Waals surface area contributed by atoms with Crippen LogP contribution in [0.1, 0.15) is 46.9 Å². The maximum absolute atomic E-state index is 14.0. The predicted molar refractivity (Wildman–Crippen MR) is 132 cm³/mol. The Morgan fingerprint density at radius 1 is 1.23 bits per heavy atom. The minimum absolute atomic E-state index is 0.0654. The van der Waals surface area contributed by atoms with E-state index in [-0.39, 0.29) is 17.4 Å². The average Bonchev–Trinajstić information content (AvgIpc) is 2.86. The summed E-state index contributed by atoms with van der Waals surface area (Å²) in [5, 5.41) is 7.01. The zero-order valence-corrected chi connectivity index (χ0v) is 19.5. The summed E-state index contributed by atoms with van der Waals surface area (Å²) in [6.07, 6.45) is 7.58. The van der Waals surface area contributed by atoms with E-state index in [9.17, 15) is 14.0 Å². The second kappa shape index (κ2) is 10.3. The van der Waals surface area contributed by atoms with Gasteiger partial charge in [-0.05, 0) is 61.2 Å². The van der Waals surface area contributed by atoms with Crippen LogP contribution in [0.3, 0.4) is 0 Å². The fourth-order valence-corrected chi connectivity index (χ4v) is 4.12. The highest BCUT2D eigenvalue weighted by Crippen LogP contribution is 2.27. The van der Waals surface area contributed by atoms with E-state index in [2.05, 4.69) is 20.6 Å². The number of amides is 2. The lowest BCUT2D eigenvalue weighted by atomic mass is 9.94. The number of fused-ring (bicyclic) bond motifs is 1. The van der Waals surface area contributed by atoms with Crippen LogP contribution in [0, 0.1) is 5.82 Å². The van der Waals surface area contributed by atoms with E-state index in [4.69, 9.17) is 10.5 Å². The summed E-state index contributed by atoms with van der Waals surface area (Å²) in [5.74, 6) is -0.875. The standard InChI is InChI=1S/C26H26FN5O3/c1-3-21(32-25-19-9-5-8-18(24(28)33)23(19)29-14-30-25)15-6-4-7-17(12-15)31-26(34)16-10-11-22(35-2)20(27)13-16/h5,7-14,21H,3-4,6H2,1-2H3,(H2,28,33)(H,31,34)(H,29,30,32)/t21-/m1/s1. The number of carbonyl (C=O) groups is 2. The van der Waals surface area contributed by atoms with Crippen LogP contribution < -0.4 is 21.1 Å². The second-order valence-corrected chi connectivity index (χ2v) is 8.11. The number of hydrogen-bond acceptors (Lipinski definition) is 6. The molecular weight excluding hydrogens is 449 g/mol. The maximum atomic E-state index is 14.0. The van der Waals surface area contributed by atoms with Crippen LogP contribution in [0.4, 0.5) is 10.2 Å². The van der Waals surface area contributed by atoms with E-state index in [1.54, 1.807) is 12.1 Å². The molecule has 0 spiro atoms. The summed E-state index contributed by atoms with van der Waals surface area (Å²) in [6.45, 7) is 2.05. The maximum Gasteiger partial charge on any atom is 0.255 e. The van der Waals surface area contributed by atoms with E-state index >= 15 is 0 Å². The van der Waals surface area contributed by atoms with E-state index in [0.717, 1.165) is 30.9 Å². The molecule has 1 aliphatic rings. The van der Waals surface area contributed by atoms with Crippen LogP contribution in [-0.4, -0.2) is 34.9 Å². The molecule has 4 N–H and O–H groups in total. The third-order valence-corrected chi connectivity index (χ3v) is 5.91. The molecule has 2 aromatic carbocycles. The number of benzene rings is 2. The first-order chi connectivity index (χ1) is 16.9. The van der Waals surface area contributed by atoms with Crippen LogP contribution in [0.25, 0.3) is 10.9 Å². The van der Waals surface area contributed by atoms with Gasteiger partial charge in [-0.15, -0.1) is 0 Å². The number of nitrogens with zero attached hydrogens (tertiary/aromatic N) is 2. The Hall–Kier alpha value is -4.27. The number of anilines is 1. The molecule has 1 atom stereocenters. The number of para-hydroxylation sites is 1. The van der Waals surface area contributed by atoms with Crippen molar-refractivity contribution in [1.29, 1.82) is 0 Å². The molecule has 1 heterocycles. The topological polar surface area (TPSA) is 119 Å². The predicted octanol–water partition coefficient (Wildman–Crippen LogP) is 4.10. The highest BCUT2D eigenvalue weighted by atomic mass is 19.1. The summed E-state index contributed by atoms with van der Waals surface area (Å²) in [7, 11) is 1.37. The number of carbonyl (C=O) groups excluding carboxylic acids is 2. The van der Waals surface area contributed by atoms with Crippen molar-refractivity contribution in [3.63, 3.8) is 0 Å². The van der Waals surface area contributed by atoms with Crippen LogP contribution in [0.2, 0.25) is 0 Å². The lowest BCUT2D eigenvalue weighted by molar-refractivity contribution is 0.0964. The summed E-state index contributed by atoms with van der Waals surface area (Å²) in [4.78, 5) is 33.1. The van der Waals surface area contributed by atoms with Crippen molar-refractivity contribution < 1.29 is 18.7 Å². The highest BCUT2D eigenvalue weighted by Gasteiger charge is 2.19. The highest BCUT2D eigenvalue weighted by molar-refractivity contribution is 6.06. The molecule has 0 saturated heterocycles. The molecule has 9 heteroatoms. The van der Waals surface area contributed by atoms with Gasteiger partial charge < -0.3 is 21.1 Å².